The largest absolute Gasteiger partial charge is 0.354 e. The first kappa shape index (κ1) is 21.4. The molecule has 2 N–H and O–H groups in total. The summed E-state index contributed by atoms with van der Waals surface area (Å²) in [5.74, 6) is 0.859. The molecule has 0 aliphatic carbocycles. The molecule has 2 amide bonds. The van der Waals surface area contributed by atoms with Crippen molar-refractivity contribution >= 4 is 28.3 Å². The maximum absolute atomic E-state index is 12.4. The molecule has 1 fully saturated rings. The molecule has 3 heterocycles. The van der Waals surface area contributed by atoms with Crippen LogP contribution in [0.5, 0.6) is 0 Å². The molecule has 170 valence electrons. The molecule has 5 rings (SSSR count). The van der Waals surface area contributed by atoms with Gasteiger partial charge >= 0.3 is 6.03 Å². The number of aryl methyl sites for hydroxylation is 1. The Labute approximate surface area is 197 Å². The highest BCUT2D eigenvalue weighted by atomic mass is 16.2. The van der Waals surface area contributed by atoms with Gasteiger partial charge in [0, 0.05) is 48.8 Å². The zero-order chi connectivity index (χ0) is 23.5. The third kappa shape index (κ3) is 4.26. The topological polar surface area (TPSA) is 112 Å². The van der Waals surface area contributed by atoms with Crippen LogP contribution in [0.4, 0.5) is 16.3 Å². The predicted octanol–water partition coefficient (Wildman–Crippen LogP) is 3.69. The van der Waals surface area contributed by atoms with Gasteiger partial charge in [0.1, 0.15) is 5.69 Å². The van der Waals surface area contributed by atoms with Crippen molar-refractivity contribution in [1.29, 1.82) is 5.26 Å². The van der Waals surface area contributed by atoms with Crippen LogP contribution in [0.1, 0.15) is 18.4 Å². The highest BCUT2D eigenvalue weighted by Gasteiger charge is 2.24. The smallest absolute Gasteiger partial charge is 0.319 e. The van der Waals surface area contributed by atoms with Crippen molar-refractivity contribution in [2.75, 3.05) is 23.3 Å². The van der Waals surface area contributed by atoms with Gasteiger partial charge in [-0.2, -0.15) is 10.4 Å². The first-order valence-corrected chi connectivity index (χ1v) is 11.2. The summed E-state index contributed by atoms with van der Waals surface area (Å²) in [7, 11) is 1.90. The highest BCUT2D eigenvalue weighted by molar-refractivity contribution is 5.99. The number of amides is 2. The van der Waals surface area contributed by atoms with Crippen LogP contribution in [0.15, 0.2) is 60.8 Å². The third-order valence-electron chi connectivity index (χ3n) is 6.11. The number of carbonyl (C=O) groups excluding carboxylic acids is 1. The average Bonchev–Trinajstić information content (AvgIpc) is 3.29. The molecule has 4 aromatic rings. The molecule has 0 unspecified atom stereocenters. The Morgan fingerprint density at radius 2 is 1.85 bits per heavy atom. The number of aromatic nitrogens is 4. The minimum Gasteiger partial charge on any atom is -0.354 e. The number of anilines is 2. The lowest BCUT2D eigenvalue weighted by Crippen LogP contribution is -2.46. The molecule has 2 aromatic carbocycles. The summed E-state index contributed by atoms with van der Waals surface area (Å²) < 4.78 is 1.80. The van der Waals surface area contributed by atoms with Crippen LogP contribution < -0.4 is 15.5 Å². The number of nitrogens with zero attached hydrogens (tertiary/aromatic N) is 6. The number of carbonyl (C=O) groups is 1. The molecule has 0 spiro atoms. The second-order valence-electron chi connectivity index (χ2n) is 8.31. The fourth-order valence-corrected chi connectivity index (χ4v) is 4.37. The lowest BCUT2D eigenvalue weighted by molar-refractivity contribution is 0.246. The van der Waals surface area contributed by atoms with E-state index in [9.17, 15) is 4.79 Å². The second kappa shape index (κ2) is 9.19. The number of rotatable bonds is 4. The van der Waals surface area contributed by atoms with Crippen LogP contribution >= 0.6 is 0 Å². The molecular formula is C25H24N8O. The van der Waals surface area contributed by atoms with Crippen molar-refractivity contribution in [1.82, 2.24) is 25.3 Å². The normalized spacial score (nSPS) is 14.1. The van der Waals surface area contributed by atoms with E-state index in [0.29, 0.717) is 11.3 Å². The Morgan fingerprint density at radius 1 is 1.06 bits per heavy atom. The first-order valence-electron chi connectivity index (χ1n) is 11.2. The van der Waals surface area contributed by atoms with E-state index in [0.717, 1.165) is 53.9 Å². The van der Waals surface area contributed by atoms with Crippen LogP contribution in [-0.2, 0) is 7.05 Å². The molecule has 2 aromatic heterocycles. The van der Waals surface area contributed by atoms with Gasteiger partial charge in [-0.25, -0.2) is 4.79 Å². The number of benzene rings is 2. The zero-order valence-electron chi connectivity index (χ0n) is 18.8. The SMILES string of the molecule is Cn1nccc1-c1nnc(N2CCC(NC(=O)Nc3cccc(C#N)c3)CC2)c2ccccc12. The zero-order valence-corrected chi connectivity index (χ0v) is 18.8. The van der Waals surface area contributed by atoms with Gasteiger partial charge in [-0.05, 0) is 37.1 Å². The Bertz CT molecular complexity index is 1380. The molecule has 9 nitrogen and oxygen atoms in total. The highest BCUT2D eigenvalue weighted by Crippen LogP contribution is 2.32. The summed E-state index contributed by atoms with van der Waals surface area (Å²) in [6.07, 6.45) is 3.35. The summed E-state index contributed by atoms with van der Waals surface area (Å²) in [5.41, 5.74) is 2.84. The number of hydrogen-bond acceptors (Lipinski definition) is 6. The molecule has 1 aliphatic rings. The lowest BCUT2D eigenvalue weighted by Gasteiger charge is -2.33. The van der Waals surface area contributed by atoms with Gasteiger partial charge in [0.05, 0.1) is 17.3 Å². The van der Waals surface area contributed by atoms with Crippen molar-refractivity contribution in [2.24, 2.45) is 7.05 Å². The van der Waals surface area contributed by atoms with Crippen molar-refractivity contribution in [3.8, 4) is 17.5 Å². The molecule has 34 heavy (non-hydrogen) atoms. The Morgan fingerprint density at radius 3 is 2.59 bits per heavy atom. The van der Waals surface area contributed by atoms with Gasteiger partial charge in [0.25, 0.3) is 0 Å². The van der Waals surface area contributed by atoms with Crippen molar-refractivity contribution in [3.63, 3.8) is 0 Å². The number of fused-ring (bicyclic) bond motifs is 1. The number of hydrogen-bond donors (Lipinski definition) is 2. The summed E-state index contributed by atoms with van der Waals surface area (Å²) >= 11 is 0. The first-order chi connectivity index (χ1) is 16.6. The number of piperidine rings is 1. The van der Waals surface area contributed by atoms with E-state index in [1.807, 2.05) is 25.2 Å². The van der Waals surface area contributed by atoms with Gasteiger partial charge in [0.2, 0.25) is 0 Å². The maximum Gasteiger partial charge on any atom is 0.319 e. The molecule has 1 aliphatic heterocycles. The van der Waals surface area contributed by atoms with E-state index in [2.05, 4.69) is 49.0 Å². The van der Waals surface area contributed by atoms with Gasteiger partial charge in [-0.15, -0.1) is 10.2 Å². The minimum atomic E-state index is -0.265. The van der Waals surface area contributed by atoms with Crippen LogP contribution in [0.25, 0.3) is 22.2 Å². The lowest BCUT2D eigenvalue weighted by atomic mass is 10.0. The summed E-state index contributed by atoms with van der Waals surface area (Å²) in [6, 6.07) is 18.8. The van der Waals surface area contributed by atoms with Gasteiger partial charge in [-0.1, -0.05) is 30.3 Å². The summed E-state index contributed by atoms with van der Waals surface area (Å²) in [5, 5.41) is 30.4. The van der Waals surface area contributed by atoms with Gasteiger partial charge in [0.15, 0.2) is 5.82 Å². The van der Waals surface area contributed by atoms with Crippen LogP contribution in [0.3, 0.4) is 0 Å². The third-order valence-corrected chi connectivity index (χ3v) is 6.11. The van der Waals surface area contributed by atoms with E-state index >= 15 is 0 Å². The van der Waals surface area contributed by atoms with Crippen LogP contribution in [0.2, 0.25) is 0 Å². The number of urea groups is 1. The van der Waals surface area contributed by atoms with E-state index in [1.54, 1.807) is 35.1 Å². The number of nitriles is 1. The maximum atomic E-state index is 12.4. The van der Waals surface area contributed by atoms with Gasteiger partial charge in [-0.3, -0.25) is 4.68 Å². The standard InChI is InChI=1S/C25H24N8O/c1-32-22(9-12-27-32)23-20-7-2-3-8-21(20)24(31-30-23)33-13-10-18(11-14-33)28-25(34)29-19-6-4-5-17(15-19)16-26/h2-9,12,15,18H,10-11,13-14H2,1H3,(H2,28,29,34). The monoisotopic (exact) mass is 452 g/mol. The Kier molecular flexibility index (Phi) is 5.79. The van der Waals surface area contributed by atoms with E-state index in [-0.39, 0.29) is 12.1 Å². The Hall–Kier alpha value is -4.45. The van der Waals surface area contributed by atoms with Crippen molar-refractivity contribution < 1.29 is 4.79 Å². The molecule has 9 heteroatoms. The predicted molar refractivity (Wildman–Crippen MR) is 130 cm³/mol. The van der Waals surface area contributed by atoms with Crippen LogP contribution in [0, 0.1) is 11.3 Å². The molecule has 0 radical (unpaired) electrons. The van der Waals surface area contributed by atoms with Gasteiger partial charge < -0.3 is 15.5 Å². The van der Waals surface area contributed by atoms with Crippen molar-refractivity contribution in [3.05, 3.63) is 66.4 Å². The molecular weight excluding hydrogens is 428 g/mol. The quantitative estimate of drug-likeness (QED) is 0.488. The Balaban J connectivity index is 1.27. The second-order valence-corrected chi connectivity index (χ2v) is 8.31. The minimum absolute atomic E-state index is 0.0586. The summed E-state index contributed by atoms with van der Waals surface area (Å²) in [4.78, 5) is 14.7. The molecule has 1 saturated heterocycles. The number of nitrogens with one attached hydrogen (secondary N) is 2. The van der Waals surface area contributed by atoms with Crippen molar-refractivity contribution in [2.45, 2.75) is 18.9 Å². The summed E-state index contributed by atoms with van der Waals surface area (Å²) in [6.45, 7) is 1.52. The molecule has 0 saturated carbocycles. The van der Waals surface area contributed by atoms with E-state index in [4.69, 9.17) is 5.26 Å². The fraction of sp³-hybridized carbons (Fsp3) is 0.240. The molecule has 0 atom stereocenters. The fourth-order valence-electron chi connectivity index (χ4n) is 4.37. The van der Waals surface area contributed by atoms with E-state index in [1.165, 1.54) is 0 Å². The van der Waals surface area contributed by atoms with Crippen LogP contribution in [-0.4, -0.2) is 45.1 Å². The van der Waals surface area contributed by atoms with E-state index < -0.39 is 0 Å². The average molecular weight is 453 g/mol. The molecule has 0 bridgehead atoms.